The number of hydrogen-bond donors (Lipinski definition) is 2. The van der Waals surface area contributed by atoms with Crippen molar-refractivity contribution < 1.29 is 0 Å². The zero-order valence-corrected chi connectivity index (χ0v) is 12.0. The average molecular weight is 318 g/mol. The molecule has 2 aromatic heterocycles. The molecule has 0 aliphatic heterocycles. The van der Waals surface area contributed by atoms with Crippen LogP contribution in [0.3, 0.4) is 0 Å². The predicted molar refractivity (Wildman–Crippen MR) is 72.6 cm³/mol. The van der Waals surface area contributed by atoms with Gasteiger partial charge in [-0.3, -0.25) is 11.3 Å². The first-order valence-corrected chi connectivity index (χ1v) is 7.30. The van der Waals surface area contributed by atoms with Crippen LogP contribution in [0.15, 0.2) is 21.3 Å². The number of thiazole rings is 1. The lowest BCUT2D eigenvalue weighted by Crippen LogP contribution is -2.28. The quantitative estimate of drug-likeness (QED) is 0.673. The number of nitrogens with one attached hydrogen (secondary N) is 1. The van der Waals surface area contributed by atoms with E-state index < -0.39 is 0 Å². The van der Waals surface area contributed by atoms with Crippen LogP contribution in [0.5, 0.6) is 0 Å². The Morgan fingerprint density at radius 3 is 2.88 bits per heavy atom. The molecule has 0 aliphatic carbocycles. The number of aryl methyl sites for hydroxylation is 1. The van der Waals surface area contributed by atoms with Crippen LogP contribution in [-0.2, 0) is 6.42 Å². The van der Waals surface area contributed by atoms with Gasteiger partial charge in [-0.2, -0.15) is 0 Å². The number of thiophene rings is 1. The third kappa shape index (κ3) is 2.89. The van der Waals surface area contributed by atoms with E-state index in [9.17, 15) is 0 Å². The SMILES string of the molecule is Cc1csc(CC(NN)c2ccc(Br)s2)n1. The Morgan fingerprint density at radius 2 is 2.38 bits per heavy atom. The summed E-state index contributed by atoms with van der Waals surface area (Å²) in [6, 6.07) is 4.26. The minimum Gasteiger partial charge on any atom is -0.271 e. The summed E-state index contributed by atoms with van der Waals surface area (Å²) in [6.07, 6.45) is 0.835. The summed E-state index contributed by atoms with van der Waals surface area (Å²) < 4.78 is 1.12. The Balaban J connectivity index is 2.12. The van der Waals surface area contributed by atoms with Crippen molar-refractivity contribution in [2.45, 2.75) is 19.4 Å². The Hall–Kier alpha value is -0.270. The van der Waals surface area contributed by atoms with Gasteiger partial charge in [-0.1, -0.05) is 0 Å². The second kappa shape index (κ2) is 5.37. The summed E-state index contributed by atoms with van der Waals surface area (Å²) in [7, 11) is 0. The Bertz CT molecular complexity index is 466. The molecule has 3 nitrogen and oxygen atoms in total. The Kier molecular flexibility index (Phi) is 4.10. The summed E-state index contributed by atoms with van der Waals surface area (Å²) in [4.78, 5) is 5.67. The Morgan fingerprint density at radius 1 is 1.56 bits per heavy atom. The van der Waals surface area contributed by atoms with Gasteiger partial charge in [-0.15, -0.1) is 22.7 Å². The van der Waals surface area contributed by atoms with E-state index in [4.69, 9.17) is 5.84 Å². The van der Waals surface area contributed by atoms with Gasteiger partial charge in [0.2, 0.25) is 0 Å². The summed E-state index contributed by atoms with van der Waals surface area (Å²) in [5.41, 5.74) is 3.92. The zero-order valence-electron chi connectivity index (χ0n) is 8.74. The van der Waals surface area contributed by atoms with E-state index in [0.717, 1.165) is 20.9 Å². The molecule has 0 radical (unpaired) electrons. The molecule has 0 saturated heterocycles. The lowest BCUT2D eigenvalue weighted by Gasteiger charge is -2.11. The minimum atomic E-state index is 0.141. The highest BCUT2D eigenvalue weighted by atomic mass is 79.9. The third-order valence-corrected chi connectivity index (χ3v) is 4.91. The molecule has 1 unspecified atom stereocenters. The maximum absolute atomic E-state index is 5.59. The van der Waals surface area contributed by atoms with Crippen LogP contribution in [0.25, 0.3) is 0 Å². The standard InChI is InChI=1S/C10H12BrN3S2/c1-6-5-15-10(13-6)4-7(14-12)8-2-3-9(11)16-8/h2-3,5,7,14H,4,12H2,1H3. The van der Waals surface area contributed by atoms with Crippen molar-refractivity contribution in [1.82, 2.24) is 10.4 Å². The second-order valence-corrected chi connectivity index (χ2v) is 6.89. The first-order chi connectivity index (χ1) is 7.69. The third-order valence-electron chi connectivity index (χ3n) is 2.18. The van der Waals surface area contributed by atoms with E-state index >= 15 is 0 Å². The summed E-state index contributed by atoms with van der Waals surface area (Å²) in [5, 5.41) is 3.18. The first-order valence-electron chi connectivity index (χ1n) is 4.81. The van der Waals surface area contributed by atoms with Gasteiger partial charge in [0.1, 0.15) is 0 Å². The van der Waals surface area contributed by atoms with Crippen LogP contribution in [-0.4, -0.2) is 4.98 Å². The van der Waals surface area contributed by atoms with Crippen LogP contribution in [0.1, 0.15) is 21.6 Å². The zero-order chi connectivity index (χ0) is 11.5. The van der Waals surface area contributed by atoms with Crippen molar-refractivity contribution >= 4 is 38.6 Å². The fourth-order valence-corrected chi connectivity index (χ4v) is 3.73. The molecular weight excluding hydrogens is 306 g/mol. The van der Waals surface area contributed by atoms with Crippen LogP contribution >= 0.6 is 38.6 Å². The van der Waals surface area contributed by atoms with E-state index in [-0.39, 0.29) is 6.04 Å². The molecule has 86 valence electrons. The molecule has 0 aliphatic rings. The lowest BCUT2D eigenvalue weighted by molar-refractivity contribution is 0.559. The van der Waals surface area contributed by atoms with Crippen molar-refractivity contribution in [3.8, 4) is 0 Å². The first kappa shape index (κ1) is 12.2. The van der Waals surface area contributed by atoms with E-state index in [0.29, 0.717) is 0 Å². The lowest BCUT2D eigenvalue weighted by atomic mass is 10.2. The average Bonchev–Trinajstić information content (AvgIpc) is 2.84. The van der Waals surface area contributed by atoms with Gasteiger partial charge >= 0.3 is 0 Å². The molecule has 0 fully saturated rings. The van der Waals surface area contributed by atoms with Gasteiger partial charge in [-0.25, -0.2) is 4.98 Å². The smallest absolute Gasteiger partial charge is 0.0947 e. The van der Waals surface area contributed by atoms with Gasteiger partial charge in [-0.05, 0) is 35.0 Å². The van der Waals surface area contributed by atoms with Gasteiger partial charge in [0.25, 0.3) is 0 Å². The molecular formula is C10H12BrN3S2. The number of nitrogens with zero attached hydrogens (tertiary/aromatic N) is 1. The number of halogens is 1. The van der Waals surface area contributed by atoms with Crippen LogP contribution in [0.2, 0.25) is 0 Å². The van der Waals surface area contributed by atoms with E-state index in [1.54, 1.807) is 22.7 Å². The second-order valence-electron chi connectivity index (χ2n) is 3.45. The highest BCUT2D eigenvalue weighted by molar-refractivity contribution is 9.11. The van der Waals surface area contributed by atoms with Crippen molar-refractivity contribution in [2.75, 3.05) is 0 Å². The molecule has 2 rings (SSSR count). The van der Waals surface area contributed by atoms with Crippen molar-refractivity contribution in [3.05, 3.63) is 36.9 Å². The number of rotatable bonds is 4. The fourth-order valence-electron chi connectivity index (χ4n) is 1.43. The molecule has 0 bridgehead atoms. The van der Waals surface area contributed by atoms with Gasteiger partial charge < -0.3 is 0 Å². The highest BCUT2D eigenvalue weighted by Crippen LogP contribution is 2.29. The van der Waals surface area contributed by atoms with Crippen LogP contribution < -0.4 is 11.3 Å². The number of aromatic nitrogens is 1. The number of nitrogens with two attached hydrogens (primary N) is 1. The topological polar surface area (TPSA) is 50.9 Å². The maximum atomic E-state index is 5.59. The molecule has 1 atom stereocenters. The molecule has 0 amide bonds. The molecule has 0 saturated carbocycles. The molecule has 0 spiro atoms. The molecule has 0 aromatic carbocycles. The van der Waals surface area contributed by atoms with Gasteiger partial charge in [0, 0.05) is 22.4 Å². The summed E-state index contributed by atoms with van der Waals surface area (Å²) >= 11 is 6.83. The van der Waals surface area contributed by atoms with Gasteiger partial charge in [0.15, 0.2) is 0 Å². The minimum absolute atomic E-state index is 0.141. The van der Waals surface area contributed by atoms with Crippen LogP contribution in [0, 0.1) is 6.92 Å². The summed E-state index contributed by atoms with van der Waals surface area (Å²) in [6.45, 7) is 2.01. The number of hydrogen-bond acceptors (Lipinski definition) is 5. The fraction of sp³-hybridized carbons (Fsp3) is 0.300. The van der Waals surface area contributed by atoms with E-state index in [1.807, 2.05) is 13.0 Å². The molecule has 2 aromatic rings. The van der Waals surface area contributed by atoms with Crippen molar-refractivity contribution in [3.63, 3.8) is 0 Å². The monoisotopic (exact) mass is 317 g/mol. The summed E-state index contributed by atoms with van der Waals surface area (Å²) in [5.74, 6) is 5.59. The van der Waals surface area contributed by atoms with Crippen molar-refractivity contribution in [1.29, 1.82) is 0 Å². The maximum Gasteiger partial charge on any atom is 0.0947 e. The number of hydrazine groups is 1. The van der Waals surface area contributed by atoms with E-state index in [1.165, 1.54) is 4.88 Å². The van der Waals surface area contributed by atoms with Crippen molar-refractivity contribution in [2.24, 2.45) is 5.84 Å². The predicted octanol–water partition coefficient (Wildman–Crippen LogP) is 3.02. The molecule has 3 N–H and O–H groups in total. The molecule has 6 heteroatoms. The molecule has 2 heterocycles. The Labute approximate surface area is 111 Å². The largest absolute Gasteiger partial charge is 0.271 e. The van der Waals surface area contributed by atoms with Gasteiger partial charge in [0.05, 0.1) is 14.8 Å². The van der Waals surface area contributed by atoms with E-state index in [2.05, 4.69) is 37.8 Å². The van der Waals surface area contributed by atoms with Crippen LogP contribution in [0.4, 0.5) is 0 Å². The highest BCUT2D eigenvalue weighted by Gasteiger charge is 2.14. The normalized spacial score (nSPS) is 12.9. The molecule has 16 heavy (non-hydrogen) atoms.